The first-order valence-electron chi connectivity index (χ1n) is 5.68. The lowest BCUT2D eigenvalue weighted by atomic mass is 9.96. The number of nitrogens with one attached hydrogen (secondary N) is 1. The van der Waals surface area contributed by atoms with Crippen molar-refractivity contribution in [3.63, 3.8) is 0 Å². The van der Waals surface area contributed by atoms with Gasteiger partial charge in [-0.25, -0.2) is 0 Å². The molecular weight excluding hydrogens is 200 g/mol. The summed E-state index contributed by atoms with van der Waals surface area (Å²) in [5.41, 5.74) is 8.23. The zero-order chi connectivity index (χ0) is 11.8. The van der Waals surface area contributed by atoms with Crippen molar-refractivity contribution in [2.24, 2.45) is 5.73 Å². The fraction of sp³-hybridized carbons (Fsp3) is 0.462. The van der Waals surface area contributed by atoms with E-state index in [0.717, 1.165) is 18.4 Å². The van der Waals surface area contributed by atoms with Crippen LogP contribution in [0, 0.1) is 0 Å². The van der Waals surface area contributed by atoms with Crippen LogP contribution >= 0.6 is 0 Å². The van der Waals surface area contributed by atoms with Crippen LogP contribution in [0.4, 0.5) is 0 Å². The molecule has 1 aromatic carbocycles. The number of nitrogens with two attached hydrogens (primary N) is 1. The van der Waals surface area contributed by atoms with Crippen molar-refractivity contribution in [1.82, 2.24) is 5.32 Å². The standard InChI is InChI=1S/C13H18N2O/c1-9(12(16)15-2)10-3-5-11(6-4-10)13(14)7-8-13/h3-6,9H,7-8,14H2,1-2H3,(H,15,16). The maximum absolute atomic E-state index is 11.5. The molecule has 0 radical (unpaired) electrons. The molecule has 3 heteroatoms. The molecule has 1 aliphatic carbocycles. The van der Waals surface area contributed by atoms with Crippen molar-refractivity contribution in [2.45, 2.75) is 31.2 Å². The second kappa shape index (κ2) is 3.91. The van der Waals surface area contributed by atoms with Gasteiger partial charge in [-0.05, 0) is 30.9 Å². The third-order valence-electron chi connectivity index (χ3n) is 3.41. The Morgan fingerprint density at radius 1 is 1.38 bits per heavy atom. The molecule has 1 aliphatic rings. The van der Waals surface area contributed by atoms with Gasteiger partial charge in [0.1, 0.15) is 0 Å². The summed E-state index contributed by atoms with van der Waals surface area (Å²) in [4.78, 5) is 11.5. The first-order chi connectivity index (χ1) is 7.57. The van der Waals surface area contributed by atoms with Gasteiger partial charge in [-0.3, -0.25) is 4.79 Å². The highest BCUT2D eigenvalue weighted by molar-refractivity contribution is 5.82. The summed E-state index contributed by atoms with van der Waals surface area (Å²) in [6.07, 6.45) is 2.13. The Labute approximate surface area is 96.0 Å². The van der Waals surface area contributed by atoms with Crippen molar-refractivity contribution in [3.05, 3.63) is 35.4 Å². The van der Waals surface area contributed by atoms with Gasteiger partial charge in [-0.2, -0.15) is 0 Å². The predicted molar refractivity (Wildman–Crippen MR) is 64.0 cm³/mol. The van der Waals surface area contributed by atoms with Gasteiger partial charge in [0.25, 0.3) is 0 Å². The summed E-state index contributed by atoms with van der Waals surface area (Å²) < 4.78 is 0. The highest BCUT2D eigenvalue weighted by Crippen LogP contribution is 2.42. The summed E-state index contributed by atoms with van der Waals surface area (Å²) in [5, 5.41) is 2.66. The minimum atomic E-state index is -0.105. The lowest BCUT2D eigenvalue weighted by Gasteiger charge is -2.13. The Morgan fingerprint density at radius 2 is 1.94 bits per heavy atom. The molecule has 3 nitrogen and oxygen atoms in total. The molecule has 0 heterocycles. The SMILES string of the molecule is CNC(=O)C(C)c1ccc(C2(N)CC2)cc1. The Kier molecular flexibility index (Phi) is 2.72. The van der Waals surface area contributed by atoms with E-state index in [1.165, 1.54) is 5.56 Å². The van der Waals surface area contributed by atoms with Gasteiger partial charge in [0.05, 0.1) is 5.92 Å². The van der Waals surface area contributed by atoms with E-state index < -0.39 is 0 Å². The lowest BCUT2D eigenvalue weighted by molar-refractivity contribution is -0.121. The molecule has 0 aliphatic heterocycles. The van der Waals surface area contributed by atoms with E-state index in [1.807, 2.05) is 31.2 Å². The Hall–Kier alpha value is -1.35. The highest BCUT2D eigenvalue weighted by Gasteiger charge is 2.39. The van der Waals surface area contributed by atoms with Crippen LogP contribution < -0.4 is 11.1 Å². The van der Waals surface area contributed by atoms with Gasteiger partial charge >= 0.3 is 0 Å². The number of likely N-dealkylation sites (N-methyl/N-ethyl adjacent to an activating group) is 1. The van der Waals surface area contributed by atoms with Gasteiger partial charge in [-0.1, -0.05) is 24.3 Å². The van der Waals surface area contributed by atoms with E-state index in [0.29, 0.717) is 0 Å². The fourth-order valence-corrected chi connectivity index (χ4v) is 1.89. The Balaban J connectivity index is 2.16. The largest absolute Gasteiger partial charge is 0.359 e. The Bertz CT molecular complexity index is 393. The molecule has 1 amide bonds. The molecule has 2 rings (SSSR count). The molecule has 0 saturated heterocycles. The monoisotopic (exact) mass is 218 g/mol. The topological polar surface area (TPSA) is 55.1 Å². The fourth-order valence-electron chi connectivity index (χ4n) is 1.89. The number of hydrogen-bond donors (Lipinski definition) is 2. The summed E-state index contributed by atoms with van der Waals surface area (Å²) in [5.74, 6) is -0.0615. The van der Waals surface area contributed by atoms with Crippen LogP contribution in [0.5, 0.6) is 0 Å². The highest BCUT2D eigenvalue weighted by atomic mass is 16.1. The molecule has 3 N–H and O–H groups in total. The van der Waals surface area contributed by atoms with Crippen LogP contribution in [0.3, 0.4) is 0 Å². The maximum atomic E-state index is 11.5. The van der Waals surface area contributed by atoms with Crippen LogP contribution in [-0.2, 0) is 10.3 Å². The third kappa shape index (κ3) is 1.95. The Morgan fingerprint density at radius 3 is 2.38 bits per heavy atom. The summed E-state index contributed by atoms with van der Waals surface area (Å²) in [6.45, 7) is 1.91. The quantitative estimate of drug-likeness (QED) is 0.807. The lowest BCUT2D eigenvalue weighted by Crippen LogP contribution is -2.24. The van der Waals surface area contributed by atoms with Crippen molar-refractivity contribution >= 4 is 5.91 Å². The molecule has 0 spiro atoms. The number of rotatable bonds is 3. The first kappa shape index (κ1) is 11.1. The number of carbonyl (C=O) groups excluding carboxylic acids is 1. The van der Waals surface area contributed by atoms with Crippen LogP contribution in [0.2, 0.25) is 0 Å². The summed E-state index contributed by atoms with van der Waals surface area (Å²) in [7, 11) is 1.66. The van der Waals surface area contributed by atoms with Gasteiger partial charge in [-0.15, -0.1) is 0 Å². The second-order valence-corrected chi connectivity index (χ2v) is 4.61. The van der Waals surface area contributed by atoms with Crippen LogP contribution in [-0.4, -0.2) is 13.0 Å². The molecule has 1 saturated carbocycles. The average Bonchev–Trinajstić information content (AvgIpc) is 3.07. The number of benzene rings is 1. The molecular formula is C13H18N2O. The molecule has 0 bridgehead atoms. The molecule has 1 atom stereocenters. The van der Waals surface area contributed by atoms with Crippen molar-refractivity contribution in [2.75, 3.05) is 7.05 Å². The van der Waals surface area contributed by atoms with Gasteiger partial charge < -0.3 is 11.1 Å². The van der Waals surface area contributed by atoms with Crippen molar-refractivity contribution in [3.8, 4) is 0 Å². The van der Waals surface area contributed by atoms with E-state index in [9.17, 15) is 4.79 Å². The molecule has 16 heavy (non-hydrogen) atoms. The van der Waals surface area contributed by atoms with Gasteiger partial charge in [0, 0.05) is 12.6 Å². The number of hydrogen-bond acceptors (Lipinski definition) is 2. The van der Waals surface area contributed by atoms with Crippen molar-refractivity contribution in [1.29, 1.82) is 0 Å². The summed E-state index contributed by atoms with van der Waals surface area (Å²) >= 11 is 0. The first-order valence-corrected chi connectivity index (χ1v) is 5.68. The average molecular weight is 218 g/mol. The maximum Gasteiger partial charge on any atom is 0.227 e. The van der Waals surface area contributed by atoms with E-state index in [-0.39, 0.29) is 17.4 Å². The molecule has 0 aromatic heterocycles. The molecule has 86 valence electrons. The molecule has 1 fully saturated rings. The van der Waals surface area contributed by atoms with Crippen molar-refractivity contribution < 1.29 is 4.79 Å². The second-order valence-electron chi connectivity index (χ2n) is 4.61. The zero-order valence-electron chi connectivity index (χ0n) is 9.79. The van der Waals surface area contributed by atoms with Gasteiger partial charge in [0.15, 0.2) is 0 Å². The summed E-state index contributed by atoms with van der Waals surface area (Å²) in [6, 6.07) is 8.09. The minimum absolute atomic E-state index is 0.0432. The molecule has 1 unspecified atom stereocenters. The van der Waals surface area contributed by atoms with Crippen LogP contribution in [0.15, 0.2) is 24.3 Å². The normalized spacial score (nSPS) is 18.9. The zero-order valence-corrected chi connectivity index (χ0v) is 9.79. The van der Waals surface area contributed by atoms with E-state index in [2.05, 4.69) is 5.32 Å². The number of carbonyl (C=O) groups is 1. The van der Waals surface area contributed by atoms with E-state index in [1.54, 1.807) is 7.05 Å². The minimum Gasteiger partial charge on any atom is -0.359 e. The third-order valence-corrected chi connectivity index (χ3v) is 3.41. The predicted octanol–water partition coefficient (Wildman–Crippen LogP) is 1.48. The van der Waals surface area contributed by atoms with E-state index in [4.69, 9.17) is 5.73 Å². The smallest absolute Gasteiger partial charge is 0.227 e. The van der Waals surface area contributed by atoms with E-state index >= 15 is 0 Å². The van der Waals surface area contributed by atoms with Crippen LogP contribution in [0.25, 0.3) is 0 Å². The van der Waals surface area contributed by atoms with Crippen LogP contribution in [0.1, 0.15) is 36.8 Å². The van der Waals surface area contributed by atoms with Gasteiger partial charge in [0.2, 0.25) is 5.91 Å². The number of amides is 1. The molecule has 1 aromatic rings.